The average molecular weight is 205 g/mol. The summed E-state index contributed by atoms with van der Waals surface area (Å²) >= 11 is 0. The molecule has 0 N–H and O–H groups in total. The number of hydrogen-bond donors (Lipinski definition) is 0. The molecule has 0 spiro atoms. The number of fused-ring (bicyclic) bond motifs is 1. The molecular formula is C14H9N2. The maximum absolute atomic E-state index is 4.06. The Morgan fingerprint density at radius 2 is 1.56 bits per heavy atom. The van der Waals surface area contributed by atoms with Gasteiger partial charge < -0.3 is 0 Å². The molecule has 0 aliphatic heterocycles. The molecule has 1 radical (unpaired) electrons. The van der Waals surface area contributed by atoms with Crippen molar-refractivity contribution >= 4 is 10.9 Å². The van der Waals surface area contributed by atoms with Crippen molar-refractivity contribution in [1.82, 2.24) is 10.2 Å². The van der Waals surface area contributed by atoms with Gasteiger partial charge >= 0.3 is 0 Å². The second-order valence-electron chi connectivity index (χ2n) is 3.57. The quantitative estimate of drug-likeness (QED) is 0.610. The van der Waals surface area contributed by atoms with Crippen molar-refractivity contribution in [1.29, 1.82) is 0 Å². The lowest BCUT2D eigenvalue weighted by molar-refractivity contribution is 1.07. The predicted molar refractivity (Wildman–Crippen MR) is 63.8 cm³/mol. The number of aromatic nitrogens is 2. The normalized spacial score (nSPS) is 10.5. The van der Waals surface area contributed by atoms with Crippen LogP contribution in [0, 0.1) is 6.20 Å². The molecule has 1 heterocycles. The highest BCUT2D eigenvalue weighted by atomic mass is 15.1. The van der Waals surface area contributed by atoms with E-state index < -0.39 is 0 Å². The fraction of sp³-hybridized carbons (Fsp3) is 0. The predicted octanol–water partition coefficient (Wildman–Crippen LogP) is 3.10. The van der Waals surface area contributed by atoms with Crippen LogP contribution in [-0.4, -0.2) is 10.2 Å². The Balaban J connectivity index is 2.32. The topological polar surface area (TPSA) is 25.8 Å². The summed E-state index contributed by atoms with van der Waals surface area (Å²) in [6.07, 6.45) is 2.97. The van der Waals surface area contributed by atoms with Gasteiger partial charge in [-0.05, 0) is 11.6 Å². The molecule has 0 bridgehead atoms. The zero-order valence-electron chi connectivity index (χ0n) is 8.59. The second kappa shape index (κ2) is 3.74. The van der Waals surface area contributed by atoms with Crippen molar-refractivity contribution in [2.45, 2.75) is 0 Å². The van der Waals surface area contributed by atoms with Crippen molar-refractivity contribution in [2.75, 3.05) is 0 Å². The Labute approximate surface area is 93.6 Å². The van der Waals surface area contributed by atoms with Gasteiger partial charge in [-0.25, -0.2) is 0 Å². The highest BCUT2D eigenvalue weighted by Crippen LogP contribution is 2.25. The fourth-order valence-corrected chi connectivity index (χ4v) is 1.79. The van der Waals surface area contributed by atoms with Gasteiger partial charge in [0.15, 0.2) is 0 Å². The van der Waals surface area contributed by atoms with Crippen molar-refractivity contribution < 1.29 is 0 Å². The first-order valence-corrected chi connectivity index (χ1v) is 5.14. The first-order chi connectivity index (χ1) is 7.95. The van der Waals surface area contributed by atoms with Gasteiger partial charge in [-0.2, -0.15) is 0 Å². The summed E-state index contributed by atoms with van der Waals surface area (Å²) in [5, 5.41) is 9.06. The molecule has 75 valence electrons. The monoisotopic (exact) mass is 205 g/mol. The Kier molecular flexibility index (Phi) is 2.11. The highest BCUT2D eigenvalue weighted by molar-refractivity contribution is 5.93. The lowest BCUT2D eigenvalue weighted by Gasteiger charge is -2.03. The van der Waals surface area contributed by atoms with Crippen molar-refractivity contribution in [2.24, 2.45) is 0 Å². The largest absolute Gasteiger partial charge is 0.150 e. The van der Waals surface area contributed by atoms with Gasteiger partial charge in [0.1, 0.15) is 6.20 Å². The summed E-state index contributed by atoms with van der Waals surface area (Å²) in [5.41, 5.74) is 3.03. The number of benzene rings is 2. The minimum absolute atomic E-state index is 0.903. The molecule has 16 heavy (non-hydrogen) atoms. The summed E-state index contributed by atoms with van der Waals surface area (Å²) in [4.78, 5) is 0. The van der Waals surface area contributed by atoms with Crippen LogP contribution in [0.2, 0.25) is 0 Å². The highest BCUT2D eigenvalue weighted by Gasteiger charge is 2.04. The summed E-state index contributed by atoms with van der Waals surface area (Å²) in [6, 6.07) is 18.1. The maximum Gasteiger partial charge on any atom is 0.122 e. The van der Waals surface area contributed by atoms with Crippen LogP contribution in [0.15, 0.2) is 54.6 Å². The molecule has 2 heteroatoms. The van der Waals surface area contributed by atoms with Crippen LogP contribution in [0.5, 0.6) is 0 Å². The minimum Gasteiger partial charge on any atom is -0.150 e. The summed E-state index contributed by atoms with van der Waals surface area (Å²) in [6.45, 7) is 0. The Morgan fingerprint density at radius 1 is 0.812 bits per heavy atom. The average Bonchev–Trinajstić information content (AvgIpc) is 2.39. The summed E-state index contributed by atoms with van der Waals surface area (Å²) in [5.74, 6) is 0. The van der Waals surface area contributed by atoms with Crippen LogP contribution in [0.25, 0.3) is 22.0 Å². The van der Waals surface area contributed by atoms with E-state index in [0.29, 0.717) is 0 Å². The standard InChI is InChI=1S/C14H9N2/c1-2-6-11(7-3-1)13-10-15-16-14-9-5-4-8-12(13)14/h1-9H. The van der Waals surface area contributed by atoms with Gasteiger partial charge in [0.2, 0.25) is 0 Å². The first-order valence-electron chi connectivity index (χ1n) is 5.14. The molecule has 0 unspecified atom stereocenters. The Bertz CT molecular complexity index is 612. The third-order valence-electron chi connectivity index (χ3n) is 2.56. The summed E-state index contributed by atoms with van der Waals surface area (Å²) in [7, 11) is 0. The van der Waals surface area contributed by atoms with Crippen LogP contribution in [0.3, 0.4) is 0 Å². The first kappa shape index (κ1) is 9.04. The molecule has 0 aliphatic rings. The van der Waals surface area contributed by atoms with Gasteiger partial charge in [0.05, 0.1) is 5.52 Å². The van der Waals surface area contributed by atoms with E-state index in [1.165, 1.54) is 0 Å². The molecule has 0 amide bonds. The lowest BCUT2D eigenvalue weighted by atomic mass is 10.0. The zero-order valence-corrected chi connectivity index (χ0v) is 8.59. The molecule has 0 atom stereocenters. The molecule has 2 aromatic carbocycles. The van der Waals surface area contributed by atoms with E-state index in [-0.39, 0.29) is 0 Å². The van der Waals surface area contributed by atoms with Crippen molar-refractivity contribution in [3.8, 4) is 11.1 Å². The summed E-state index contributed by atoms with van der Waals surface area (Å²) < 4.78 is 0. The van der Waals surface area contributed by atoms with Gasteiger partial charge in [-0.15, -0.1) is 10.2 Å². The molecule has 0 saturated carbocycles. The van der Waals surface area contributed by atoms with E-state index in [0.717, 1.165) is 22.0 Å². The van der Waals surface area contributed by atoms with Gasteiger partial charge in [0.25, 0.3) is 0 Å². The third kappa shape index (κ3) is 1.44. The molecule has 2 nitrogen and oxygen atoms in total. The van der Waals surface area contributed by atoms with Crippen LogP contribution in [0.4, 0.5) is 0 Å². The Morgan fingerprint density at radius 3 is 2.44 bits per heavy atom. The van der Waals surface area contributed by atoms with Crippen LogP contribution >= 0.6 is 0 Å². The number of rotatable bonds is 1. The van der Waals surface area contributed by atoms with Gasteiger partial charge in [-0.1, -0.05) is 48.5 Å². The molecule has 0 aliphatic carbocycles. The SMILES string of the molecule is [c]1nnc2ccccc2c1-c1ccccc1. The minimum atomic E-state index is 0.903. The fourth-order valence-electron chi connectivity index (χ4n) is 1.79. The van der Waals surface area contributed by atoms with Crippen molar-refractivity contribution in [3.63, 3.8) is 0 Å². The second-order valence-corrected chi connectivity index (χ2v) is 3.57. The smallest absolute Gasteiger partial charge is 0.122 e. The van der Waals surface area contributed by atoms with E-state index >= 15 is 0 Å². The Hall–Kier alpha value is -2.22. The van der Waals surface area contributed by atoms with Crippen LogP contribution in [-0.2, 0) is 0 Å². The third-order valence-corrected chi connectivity index (χ3v) is 2.56. The number of nitrogens with zero attached hydrogens (tertiary/aromatic N) is 2. The molecule has 0 saturated heterocycles. The zero-order chi connectivity index (χ0) is 10.8. The lowest BCUT2D eigenvalue weighted by Crippen LogP contribution is -1.87. The van der Waals surface area contributed by atoms with Crippen molar-refractivity contribution in [3.05, 3.63) is 60.8 Å². The molecular weight excluding hydrogens is 196 g/mol. The molecule has 3 aromatic rings. The molecule has 0 fully saturated rings. The maximum atomic E-state index is 4.06. The van der Waals surface area contributed by atoms with E-state index in [4.69, 9.17) is 0 Å². The molecule has 1 aromatic heterocycles. The van der Waals surface area contributed by atoms with E-state index in [9.17, 15) is 0 Å². The van der Waals surface area contributed by atoms with Gasteiger partial charge in [0, 0.05) is 10.9 Å². The van der Waals surface area contributed by atoms with E-state index in [1.54, 1.807) is 0 Å². The van der Waals surface area contributed by atoms with Crippen LogP contribution < -0.4 is 0 Å². The van der Waals surface area contributed by atoms with E-state index in [2.05, 4.69) is 28.5 Å². The molecule has 3 rings (SSSR count). The number of hydrogen-bond acceptors (Lipinski definition) is 2. The van der Waals surface area contributed by atoms with Crippen LogP contribution in [0.1, 0.15) is 0 Å². The van der Waals surface area contributed by atoms with Gasteiger partial charge in [-0.3, -0.25) is 0 Å². The van der Waals surface area contributed by atoms with E-state index in [1.807, 2.05) is 42.5 Å².